The third-order valence-corrected chi connectivity index (χ3v) is 4.14. The average Bonchev–Trinajstić information content (AvgIpc) is 2.57. The number of benzene rings is 2. The van der Waals surface area contributed by atoms with Crippen molar-refractivity contribution in [3.05, 3.63) is 63.2 Å². The Kier molecular flexibility index (Phi) is 6.59. The molecule has 2 rings (SSSR count). The zero-order valence-electron chi connectivity index (χ0n) is 14.1. The summed E-state index contributed by atoms with van der Waals surface area (Å²) in [4.78, 5) is 22.3. The van der Waals surface area contributed by atoms with Gasteiger partial charge < -0.3 is 10.1 Å². The molecule has 0 spiro atoms. The summed E-state index contributed by atoms with van der Waals surface area (Å²) in [6.07, 6.45) is 1.04. The highest BCUT2D eigenvalue weighted by Crippen LogP contribution is 2.22. The number of nitro benzene ring substituents is 1. The number of halogens is 1. The number of hydrogen-bond acceptors (Lipinski definition) is 6. The fourth-order valence-corrected chi connectivity index (χ4v) is 2.85. The van der Waals surface area contributed by atoms with Crippen molar-refractivity contribution in [1.29, 1.82) is 0 Å². The van der Waals surface area contributed by atoms with E-state index >= 15 is 0 Å². The van der Waals surface area contributed by atoms with Crippen LogP contribution in [0.25, 0.3) is 0 Å². The number of amides is 1. The zero-order valence-corrected chi connectivity index (χ0v) is 15.7. The number of carbonyl (C=O) groups excluding carboxylic acids is 1. The normalized spacial score (nSPS) is 10.9. The van der Waals surface area contributed by atoms with Crippen LogP contribution < -0.4 is 14.8 Å². The molecule has 2 aromatic rings. The number of non-ortho nitro benzene ring substituents is 1. The van der Waals surface area contributed by atoms with E-state index in [0.717, 1.165) is 12.3 Å². The van der Waals surface area contributed by atoms with Crippen LogP contribution in [0.5, 0.6) is 5.75 Å². The summed E-state index contributed by atoms with van der Waals surface area (Å²) in [5, 5.41) is 13.4. The Hall–Kier alpha value is -2.85. The molecule has 11 heteroatoms. The molecule has 27 heavy (non-hydrogen) atoms. The Morgan fingerprint density at radius 2 is 2.00 bits per heavy atom. The van der Waals surface area contributed by atoms with Crippen LogP contribution in [-0.2, 0) is 10.0 Å². The summed E-state index contributed by atoms with van der Waals surface area (Å²) in [6.45, 7) is 0.211. The predicted octanol–water partition coefficient (Wildman–Crippen LogP) is 2.43. The highest BCUT2D eigenvalue weighted by molar-refractivity contribution is 7.92. The monoisotopic (exact) mass is 413 g/mol. The van der Waals surface area contributed by atoms with Crippen molar-refractivity contribution in [3.8, 4) is 5.75 Å². The third-order valence-electron chi connectivity index (χ3n) is 3.20. The highest BCUT2D eigenvalue weighted by Gasteiger charge is 2.15. The number of nitro groups is 1. The van der Waals surface area contributed by atoms with Gasteiger partial charge in [-0.3, -0.25) is 19.6 Å². The number of nitrogens with one attached hydrogen (secondary N) is 2. The van der Waals surface area contributed by atoms with E-state index in [1.54, 1.807) is 18.2 Å². The quantitative estimate of drug-likeness (QED) is 0.388. The molecular formula is C16H16ClN3O6S. The zero-order chi connectivity index (χ0) is 20.0. The van der Waals surface area contributed by atoms with Crippen molar-refractivity contribution >= 4 is 38.9 Å². The van der Waals surface area contributed by atoms with Gasteiger partial charge in [-0.05, 0) is 18.2 Å². The number of hydrogen-bond donors (Lipinski definition) is 2. The lowest BCUT2D eigenvalue weighted by Crippen LogP contribution is -2.28. The predicted molar refractivity (Wildman–Crippen MR) is 101 cm³/mol. The molecule has 0 fully saturated rings. The lowest BCUT2D eigenvalue weighted by molar-refractivity contribution is -0.384. The van der Waals surface area contributed by atoms with Crippen LogP contribution in [-0.4, -0.2) is 38.7 Å². The van der Waals surface area contributed by atoms with Crippen molar-refractivity contribution in [2.24, 2.45) is 0 Å². The van der Waals surface area contributed by atoms with Gasteiger partial charge >= 0.3 is 0 Å². The Labute approximate surface area is 160 Å². The minimum absolute atomic E-state index is 0.00906. The minimum Gasteiger partial charge on any atom is -0.492 e. The van der Waals surface area contributed by atoms with E-state index in [4.69, 9.17) is 16.3 Å². The molecule has 9 nitrogen and oxygen atoms in total. The lowest BCUT2D eigenvalue weighted by Gasteiger charge is -2.10. The van der Waals surface area contributed by atoms with Crippen molar-refractivity contribution in [1.82, 2.24) is 5.32 Å². The summed E-state index contributed by atoms with van der Waals surface area (Å²) in [5.74, 6) is -0.161. The number of ether oxygens (including phenoxy) is 1. The minimum atomic E-state index is -3.40. The first-order valence-electron chi connectivity index (χ1n) is 7.58. The maximum Gasteiger partial charge on any atom is 0.270 e. The topological polar surface area (TPSA) is 128 Å². The molecule has 0 saturated carbocycles. The molecule has 0 bridgehead atoms. The molecule has 0 aliphatic rings. The van der Waals surface area contributed by atoms with Gasteiger partial charge in [-0.15, -0.1) is 0 Å². The van der Waals surface area contributed by atoms with Crippen LogP contribution in [0.3, 0.4) is 0 Å². The van der Waals surface area contributed by atoms with Crippen molar-refractivity contribution in [3.63, 3.8) is 0 Å². The van der Waals surface area contributed by atoms with Gasteiger partial charge in [0.25, 0.3) is 11.6 Å². The summed E-state index contributed by atoms with van der Waals surface area (Å²) in [7, 11) is -3.40. The van der Waals surface area contributed by atoms with E-state index in [9.17, 15) is 23.3 Å². The first-order chi connectivity index (χ1) is 12.7. The largest absolute Gasteiger partial charge is 0.492 e. The van der Waals surface area contributed by atoms with Crippen LogP contribution in [0.2, 0.25) is 5.02 Å². The summed E-state index contributed by atoms with van der Waals surface area (Å²) < 4.78 is 30.2. The van der Waals surface area contributed by atoms with Crippen LogP contribution in [0.4, 0.5) is 11.4 Å². The number of nitrogens with zero attached hydrogens (tertiary/aromatic N) is 1. The van der Waals surface area contributed by atoms with E-state index in [1.807, 2.05) is 0 Å². The van der Waals surface area contributed by atoms with Crippen molar-refractivity contribution in [2.75, 3.05) is 24.1 Å². The molecule has 0 saturated heterocycles. The second-order valence-electron chi connectivity index (χ2n) is 5.43. The summed E-state index contributed by atoms with van der Waals surface area (Å²) in [6, 6.07) is 9.90. The van der Waals surface area contributed by atoms with Gasteiger partial charge in [0.1, 0.15) is 12.4 Å². The maximum absolute atomic E-state index is 12.1. The first-order valence-corrected chi connectivity index (χ1v) is 9.85. The molecule has 144 valence electrons. The summed E-state index contributed by atoms with van der Waals surface area (Å²) in [5.41, 5.74) is 0.101. The van der Waals surface area contributed by atoms with Crippen LogP contribution in [0.15, 0.2) is 42.5 Å². The van der Waals surface area contributed by atoms with Crippen molar-refractivity contribution in [2.45, 2.75) is 0 Å². The van der Waals surface area contributed by atoms with Gasteiger partial charge in [-0.1, -0.05) is 17.7 Å². The maximum atomic E-state index is 12.1. The van der Waals surface area contributed by atoms with E-state index in [2.05, 4.69) is 10.0 Å². The molecule has 1 amide bonds. The molecule has 2 aromatic carbocycles. The van der Waals surface area contributed by atoms with Gasteiger partial charge in [0.05, 0.1) is 34.0 Å². The molecule has 0 radical (unpaired) electrons. The van der Waals surface area contributed by atoms with Gasteiger partial charge in [-0.2, -0.15) is 0 Å². The molecular weight excluding hydrogens is 398 g/mol. The van der Waals surface area contributed by atoms with Gasteiger partial charge in [-0.25, -0.2) is 8.42 Å². The molecule has 0 aromatic heterocycles. The number of anilines is 1. The second-order valence-corrected chi connectivity index (χ2v) is 7.58. The molecule has 0 aliphatic heterocycles. The van der Waals surface area contributed by atoms with Crippen LogP contribution in [0, 0.1) is 10.1 Å². The number of carbonyl (C=O) groups is 1. The number of rotatable bonds is 8. The SMILES string of the molecule is CS(=O)(=O)Nc1cccc(OCCNC(=O)c2cc([N+](=O)[O-])ccc2Cl)c1. The molecule has 2 N–H and O–H groups in total. The van der Waals surface area contributed by atoms with E-state index in [0.29, 0.717) is 11.4 Å². The Balaban J connectivity index is 1.90. The lowest BCUT2D eigenvalue weighted by atomic mass is 10.2. The van der Waals surface area contributed by atoms with Crippen LogP contribution in [0.1, 0.15) is 10.4 Å². The van der Waals surface area contributed by atoms with Gasteiger partial charge in [0.15, 0.2) is 0 Å². The van der Waals surface area contributed by atoms with Crippen LogP contribution >= 0.6 is 11.6 Å². The standard InChI is InChI=1S/C16H16ClN3O6S/c1-27(24,25)19-11-3-2-4-13(9-11)26-8-7-18-16(21)14-10-12(20(22)23)5-6-15(14)17/h2-6,9-10,19H,7-8H2,1H3,(H,18,21). The Morgan fingerprint density at radius 1 is 1.26 bits per heavy atom. The molecule has 0 heterocycles. The third kappa shape index (κ3) is 6.42. The number of sulfonamides is 1. The summed E-state index contributed by atoms with van der Waals surface area (Å²) >= 11 is 5.90. The highest BCUT2D eigenvalue weighted by atomic mass is 35.5. The second kappa shape index (κ2) is 8.69. The van der Waals surface area contributed by atoms with E-state index < -0.39 is 20.9 Å². The van der Waals surface area contributed by atoms with Gasteiger partial charge in [0.2, 0.25) is 10.0 Å². The Morgan fingerprint density at radius 3 is 2.67 bits per heavy atom. The van der Waals surface area contributed by atoms with E-state index in [-0.39, 0.29) is 29.4 Å². The average molecular weight is 414 g/mol. The van der Waals surface area contributed by atoms with Crippen molar-refractivity contribution < 1.29 is 22.9 Å². The molecule has 0 atom stereocenters. The van der Waals surface area contributed by atoms with Gasteiger partial charge in [0, 0.05) is 18.2 Å². The molecule has 0 unspecified atom stereocenters. The first kappa shape index (κ1) is 20.5. The smallest absolute Gasteiger partial charge is 0.270 e. The van der Waals surface area contributed by atoms with E-state index in [1.165, 1.54) is 18.2 Å². The molecule has 0 aliphatic carbocycles. The Bertz CT molecular complexity index is 964. The fourth-order valence-electron chi connectivity index (χ4n) is 2.09. The fraction of sp³-hybridized carbons (Fsp3) is 0.188.